The molecule has 8 heterocycles. The number of benzene rings is 3. The topological polar surface area (TPSA) is 43.6 Å². The summed E-state index contributed by atoms with van der Waals surface area (Å²) in [5, 5.41) is 2.50. The highest BCUT2D eigenvalue weighted by molar-refractivity contribution is 7.31. The molecule has 4 nitrogen and oxygen atoms in total. The summed E-state index contributed by atoms with van der Waals surface area (Å²) in [4.78, 5) is 18.1. The van der Waals surface area contributed by atoms with Crippen molar-refractivity contribution in [3.63, 3.8) is 0 Å². The zero-order valence-electron chi connectivity index (χ0n) is 27.9. The molecule has 3 aromatic carbocycles. The number of thiophene rings is 4. The minimum atomic E-state index is 1.11. The van der Waals surface area contributed by atoms with Crippen LogP contribution in [-0.4, -0.2) is 19.5 Å². The van der Waals surface area contributed by atoms with Gasteiger partial charge in [-0.1, -0.05) is 42.5 Å². The Morgan fingerprint density at radius 3 is 1.17 bits per heavy atom. The normalized spacial score (nSPS) is 11.8. The molecule has 0 atom stereocenters. The van der Waals surface area contributed by atoms with Gasteiger partial charge in [0.05, 0.1) is 11.0 Å². The average Bonchev–Trinajstić information content (AvgIpc) is 4.04. The molecule has 0 aliphatic heterocycles. The third-order valence-electron chi connectivity index (χ3n) is 9.76. The number of hydrogen-bond donors (Lipinski definition) is 0. The molecule has 0 amide bonds. The first-order valence-electron chi connectivity index (χ1n) is 17.2. The summed E-state index contributed by atoms with van der Waals surface area (Å²) in [6, 6.07) is 44.5. The van der Waals surface area contributed by atoms with E-state index in [1.165, 1.54) is 82.4 Å². The van der Waals surface area contributed by atoms with Crippen molar-refractivity contribution in [2.75, 3.05) is 0 Å². The van der Waals surface area contributed by atoms with Crippen molar-refractivity contribution in [3.8, 4) is 58.6 Å². The summed E-state index contributed by atoms with van der Waals surface area (Å²) in [6.45, 7) is 0. The Labute approximate surface area is 320 Å². The summed E-state index contributed by atoms with van der Waals surface area (Å²) < 4.78 is 7.66. The van der Waals surface area contributed by atoms with Crippen LogP contribution in [0.15, 0.2) is 159 Å². The van der Waals surface area contributed by atoms with Crippen LogP contribution in [0.4, 0.5) is 0 Å². The Hall–Kier alpha value is -5.77. The Morgan fingerprint density at radius 1 is 0.358 bits per heavy atom. The van der Waals surface area contributed by atoms with E-state index in [-0.39, 0.29) is 0 Å². The average molecular weight is 751 g/mol. The van der Waals surface area contributed by atoms with Gasteiger partial charge in [-0.3, -0.25) is 15.0 Å². The lowest BCUT2D eigenvalue weighted by atomic mass is 10.1. The predicted molar refractivity (Wildman–Crippen MR) is 228 cm³/mol. The number of fused-ring (bicyclic) bond motifs is 5. The number of nitrogens with zero attached hydrogens (tertiary/aromatic N) is 4. The molecule has 0 radical (unpaired) electrons. The van der Waals surface area contributed by atoms with Crippen molar-refractivity contribution in [3.05, 3.63) is 159 Å². The number of pyridine rings is 3. The maximum absolute atomic E-state index is 4.33. The fraction of sp³-hybridized carbons (Fsp3) is 0. The van der Waals surface area contributed by atoms with Crippen LogP contribution in [0, 0.1) is 0 Å². The van der Waals surface area contributed by atoms with E-state index < -0.39 is 0 Å². The third-order valence-corrected chi connectivity index (χ3v) is 14.5. The Morgan fingerprint density at radius 2 is 0.755 bits per heavy atom. The summed E-state index contributed by atoms with van der Waals surface area (Å²) >= 11 is 7.40. The molecule has 0 fully saturated rings. The van der Waals surface area contributed by atoms with Crippen molar-refractivity contribution in [1.29, 1.82) is 0 Å². The van der Waals surface area contributed by atoms with Crippen LogP contribution in [0.1, 0.15) is 0 Å². The second-order valence-electron chi connectivity index (χ2n) is 13.0. The van der Waals surface area contributed by atoms with Crippen molar-refractivity contribution in [1.82, 2.24) is 19.5 Å². The molecule has 0 bridgehead atoms. The molecule has 0 N–H and O–H groups in total. The van der Waals surface area contributed by atoms with Crippen LogP contribution in [0.5, 0.6) is 0 Å². The molecular formula is C45H26N4S4. The second kappa shape index (κ2) is 12.4. The van der Waals surface area contributed by atoms with E-state index >= 15 is 0 Å². The quantitative estimate of drug-likeness (QED) is 0.170. The zero-order valence-corrected chi connectivity index (χ0v) is 31.2. The minimum absolute atomic E-state index is 1.11. The monoisotopic (exact) mass is 750 g/mol. The number of hydrogen-bond acceptors (Lipinski definition) is 7. The summed E-state index contributed by atoms with van der Waals surface area (Å²) in [7, 11) is 0. The molecular weight excluding hydrogens is 725 g/mol. The first-order valence-corrected chi connectivity index (χ1v) is 20.5. The molecule has 11 rings (SSSR count). The van der Waals surface area contributed by atoms with Crippen LogP contribution in [-0.2, 0) is 0 Å². The summed E-state index contributed by atoms with van der Waals surface area (Å²) in [5.41, 5.74) is 10.6. The highest BCUT2D eigenvalue weighted by atomic mass is 32.1. The Balaban J connectivity index is 1.04. The van der Waals surface area contributed by atoms with Gasteiger partial charge in [-0.25, -0.2) is 0 Å². The molecule has 0 unspecified atom stereocenters. The lowest BCUT2D eigenvalue weighted by Gasteiger charge is -2.10. The molecule has 8 heteroatoms. The Kier molecular flexibility index (Phi) is 7.23. The van der Waals surface area contributed by atoms with Gasteiger partial charge in [0.25, 0.3) is 0 Å². The van der Waals surface area contributed by atoms with Gasteiger partial charge < -0.3 is 4.57 Å². The molecule has 8 aromatic heterocycles. The molecule has 11 aromatic rings. The van der Waals surface area contributed by atoms with Crippen molar-refractivity contribution in [2.24, 2.45) is 0 Å². The van der Waals surface area contributed by atoms with Crippen molar-refractivity contribution >= 4 is 86.0 Å². The van der Waals surface area contributed by atoms with Gasteiger partial charge >= 0.3 is 0 Å². The van der Waals surface area contributed by atoms with Crippen LogP contribution < -0.4 is 0 Å². The van der Waals surface area contributed by atoms with E-state index in [1.54, 1.807) is 0 Å². The molecule has 0 aliphatic rings. The van der Waals surface area contributed by atoms with Crippen LogP contribution in [0.3, 0.4) is 0 Å². The van der Waals surface area contributed by atoms with E-state index in [2.05, 4.69) is 123 Å². The molecule has 0 aliphatic carbocycles. The summed E-state index contributed by atoms with van der Waals surface area (Å²) in [5.74, 6) is 0. The van der Waals surface area contributed by atoms with Gasteiger partial charge in [0.15, 0.2) is 0 Å². The minimum Gasteiger partial charge on any atom is -0.309 e. The van der Waals surface area contributed by atoms with E-state index in [9.17, 15) is 0 Å². The van der Waals surface area contributed by atoms with Gasteiger partial charge in [-0.05, 0) is 101 Å². The van der Waals surface area contributed by atoms with Crippen LogP contribution in [0.2, 0.25) is 0 Å². The van der Waals surface area contributed by atoms with E-state index in [1.807, 2.05) is 101 Å². The van der Waals surface area contributed by atoms with E-state index in [0.29, 0.717) is 0 Å². The second-order valence-corrected chi connectivity index (χ2v) is 17.3. The smallest absolute Gasteiger partial charge is 0.0541 e. The fourth-order valence-electron chi connectivity index (χ4n) is 7.20. The van der Waals surface area contributed by atoms with Gasteiger partial charge in [0.1, 0.15) is 0 Å². The highest BCUT2D eigenvalue weighted by Crippen LogP contribution is 2.45. The molecule has 0 saturated carbocycles. The maximum Gasteiger partial charge on any atom is 0.0541 e. The van der Waals surface area contributed by atoms with Gasteiger partial charge in [0, 0.05) is 103 Å². The van der Waals surface area contributed by atoms with E-state index in [0.717, 1.165) is 16.8 Å². The SMILES string of the molecule is c1cncc(-c2ccc(-n3c4ccc(-c5cc6sc(-c7cccnc7)cc6s5)cc4c4cc(-c5cc6sc(-c7cccnc7)cc6s5)ccc43)cc2)c1. The van der Waals surface area contributed by atoms with Gasteiger partial charge in [-0.2, -0.15) is 0 Å². The largest absolute Gasteiger partial charge is 0.309 e. The predicted octanol–water partition coefficient (Wildman–Crippen LogP) is 13.9. The summed E-state index contributed by atoms with van der Waals surface area (Å²) in [6.07, 6.45) is 11.3. The Bertz CT molecular complexity index is 2860. The maximum atomic E-state index is 4.33. The molecule has 250 valence electrons. The lowest BCUT2D eigenvalue weighted by Crippen LogP contribution is -1.94. The highest BCUT2D eigenvalue weighted by Gasteiger charge is 2.18. The molecule has 0 spiro atoms. The van der Waals surface area contributed by atoms with Gasteiger partial charge in [-0.15, -0.1) is 45.3 Å². The van der Waals surface area contributed by atoms with E-state index in [4.69, 9.17) is 0 Å². The van der Waals surface area contributed by atoms with Gasteiger partial charge in [0.2, 0.25) is 0 Å². The number of aromatic nitrogens is 4. The molecule has 53 heavy (non-hydrogen) atoms. The first-order chi connectivity index (χ1) is 26.2. The number of rotatable bonds is 6. The fourth-order valence-corrected chi connectivity index (χ4v) is 12.0. The third kappa shape index (κ3) is 5.33. The molecule has 0 saturated heterocycles. The van der Waals surface area contributed by atoms with Crippen molar-refractivity contribution < 1.29 is 0 Å². The standard InChI is InChI=1S/C45H26N4S4/c1-4-30(24-46-15-1)27-7-11-33(12-8-27)49-36-13-9-28(38-20-42-44(50-38)22-40(52-42)31-5-2-16-47-25-31)18-34(36)35-19-29(10-14-37(35)49)39-21-43-45(51-39)23-41(53-43)32-6-3-17-48-26-32/h1-26H. The van der Waals surface area contributed by atoms with Crippen LogP contribution >= 0.6 is 45.3 Å². The first kappa shape index (κ1) is 30.8. The van der Waals surface area contributed by atoms with Crippen molar-refractivity contribution in [2.45, 2.75) is 0 Å². The van der Waals surface area contributed by atoms with Crippen LogP contribution in [0.25, 0.3) is 99.2 Å². The zero-order chi connectivity index (χ0) is 34.9. The lowest BCUT2D eigenvalue weighted by molar-refractivity contribution is 1.18.